The number of nitrogens with zero attached hydrogens (tertiary/aromatic N) is 2. The van der Waals surface area contributed by atoms with Crippen molar-refractivity contribution in [3.05, 3.63) is 65.7 Å². The van der Waals surface area contributed by atoms with E-state index in [1.54, 1.807) is 24.3 Å². The molecule has 2 aromatic carbocycles. The molecule has 0 bridgehead atoms. The lowest BCUT2D eigenvalue weighted by molar-refractivity contribution is -0.137. The minimum absolute atomic E-state index is 0.0395. The van der Waals surface area contributed by atoms with Crippen LogP contribution in [0.1, 0.15) is 11.1 Å². The molecule has 0 atom stereocenters. The minimum atomic E-state index is -4.66. The second-order valence-electron chi connectivity index (χ2n) is 7.23. The van der Waals surface area contributed by atoms with Crippen LogP contribution in [0.2, 0.25) is 0 Å². The highest BCUT2D eigenvalue weighted by atomic mass is 32.2. The predicted octanol–water partition coefficient (Wildman–Crippen LogP) is 2.46. The van der Waals surface area contributed by atoms with Gasteiger partial charge in [0.1, 0.15) is 13.2 Å². The quantitative estimate of drug-likeness (QED) is 0.678. The Morgan fingerprint density at radius 1 is 0.970 bits per heavy atom. The molecule has 33 heavy (non-hydrogen) atoms. The lowest BCUT2D eigenvalue weighted by Crippen LogP contribution is -2.52. The maximum atomic E-state index is 12.9. The predicted molar refractivity (Wildman–Crippen MR) is 111 cm³/mol. The van der Waals surface area contributed by atoms with E-state index in [-0.39, 0.29) is 39.3 Å². The molecule has 1 fully saturated rings. The molecule has 3 rings (SSSR count). The second kappa shape index (κ2) is 10.2. The van der Waals surface area contributed by atoms with Crippen LogP contribution >= 0.6 is 0 Å². The summed E-state index contributed by atoms with van der Waals surface area (Å²) < 4.78 is 70.2. The summed E-state index contributed by atoms with van der Waals surface area (Å²) in [4.78, 5) is 25.0. The minimum Gasteiger partial charge on any atom is -0.445 e. The number of ether oxygens (including phenoxy) is 1. The van der Waals surface area contributed by atoms with Crippen LogP contribution < -0.4 is 5.32 Å². The van der Waals surface area contributed by atoms with Gasteiger partial charge in [0.05, 0.1) is 10.5 Å². The third kappa shape index (κ3) is 6.45. The third-order valence-electron chi connectivity index (χ3n) is 4.99. The summed E-state index contributed by atoms with van der Waals surface area (Å²) in [6.07, 6.45) is -5.43. The van der Waals surface area contributed by atoms with E-state index >= 15 is 0 Å². The molecule has 0 saturated carbocycles. The van der Waals surface area contributed by atoms with Gasteiger partial charge in [-0.15, -0.1) is 0 Å². The van der Waals surface area contributed by atoms with Crippen LogP contribution in [0, 0.1) is 0 Å². The van der Waals surface area contributed by atoms with E-state index in [1.807, 2.05) is 6.07 Å². The molecule has 1 aliphatic heterocycles. The number of carbonyl (C=O) groups is 2. The monoisotopic (exact) mass is 485 g/mol. The summed E-state index contributed by atoms with van der Waals surface area (Å²) in [5, 5.41) is 2.35. The van der Waals surface area contributed by atoms with Crippen molar-refractivity contribution in [2.45, 2.75) is 17.7 Å². The molecular formula is C21H22F3N3O5S. The summed E-state index contributed by atoms with van der Waals surface area (Å²) in [6, 6.07) is 12.5. The zero-order valence-corrected chi connectivity index (χ0v) is 18.2. The number of halogens is 3. The van der Waals surface area contributed by atoms with Gasteiger partial charge in [0.15, 0.2) is 0 Å². The lowest BCUT2D eigenvalue weighted by atomic mass is 10.2. The summed E-state index contributed by atoms with van der Waals surface area (Å²) in [6.45, 7) is -0.359. The van der Waals surface area contributed by atoms with Crippen LogP contribution in [-0.4, -0.2) is 62.3 Å². The van der Waals surface area contributed by atoms with Crippen LogP contribution in [0.15, 0.2) is 59.5 Å². The largest absolute Gasteiger partial charge is 0.445 e. The number of nitrogens with one attached hydrogen (secondary N) is 1. The lowest BCUT2D eigenvalue weighted by Gasteiger charge is -2.34. The van der Waals surface area contributed by atoms with Crippen molar-refractivity contribution in [3.8, 4) is 0 Å². The highest BCUT2D eigenvalue weighted by molar-refractivity contribution is 7.89. The topological polar surface area (TPSA) is 96.0 Å². The highest BCUT2D eigenvalue weighted by Gasteiger charge is 2.34. The Bertz CT molecular complexity index is 1090. The van der Waals surface area contributed by atoms with Crippen LogP contribution in [0.5, 0.6) is 0 Å². The van der Waals surface area contributed by atoms with Crippen LogP contribution in [-0.2, 0) is 32.3 Å². The van der Waals surface area contributed by atoms with Gasteiger partial charge in [-0.1, -0.05) is 36.4 Å². The zero-order chi connectivity index (χ0) is 24.1. The number of piperazine rings is 1. The normalized spacial score (nSPS) is 15.2. The summed E-state index contributed by atoms with van der Waals surface area (Å²) in [7, 11) is -4.15. The molecule has 8 nitrogen and oxygen atoms in total. The fourth-order valence-electron chi connectivity index (χ4n) is 3.19. The molecule has 0 aliphatic carbocycles. The molecule has 1 aliphatic rings. The average Bonchev–Trinajstić information content (AvgIpc) is 2.81. The van der Waals surface area contributed by atoms with Crippen LogP contribution in [0.4, 0.5) is 18.0 Å². The summed E-state index contributed by atoms with van der Waals surface area (Å²) in [5.41, 5.74) is -0.264. The van der Waals surface area contributed by atoms with E-state index in [2.05, 4.69) is 5.32 Å². The Kier molecular flexibility index (Phi) is 7.59. The maximum Gasteiger partial charge on any atom is 0.416 e. The Hall–Kier alpha value is -3.12. The first-order valence-electron chi connectivity index (χ1n) is 9.97. The molecule has 0 unspecified atom stereocenters. The van der Waals surface area contributed by atoms with Crippen molar-refractivity contribution in [2.75, 3.05) is 32.7 Å². The molecule has 2 aromatic rings. The first-order chi connectivity index (χ1) is 15.6. The number of alkyl halides is 3. The average molecular weight is 485 g/mol. The number of sulfonamides is 1. The second-order valence-corrected chi connectivity index (χ2v) is 9.16. The number of alkyl carbamates (subject to hydrolysis) is 1. The van der Waals surface area contributed by atoms with E-state index < -0.39 is 38.7 Å². The molecule has 1 N–H and O–H groups in total. The Morgan fingerprint density at radius 3 is 2.27 bits per heavy atom. The van der Waals surface area contributed by atoms with E-state index in [1.165, 1.54) is 4.90 Å². The number of hydrogen-bond donors (Lipinski definition) is 1. The Labute approximate surface area is 189 Å². The molecule has 1 saturated heterocycles. The molecule has 0 spiro atoms. The van der Waals surface area contributed by atoms with Gasteiger partial charge in [0.2, 0.25) is 15.9 Å². The van der Waals surface area contributed by atoms with E-state index in [0.717, 1.165) is 28.1 Å². The van der Waals surface area contributed by atoms with Gasteiger partial charge in [-0.25, -0.2) is 13.2 Å². The smallest absolute Gasteiger partial charge is 0.416 e. The first kappa shape index (κ1) is 24.5. The van der Waals surface area contributed by atoms with Crippen molar-refractivity contribution in [3.63, 3.8) is 0 Å². The van der Waals surface area contributed by atoms with E-state index in [9.17, 15) is 31.2 Å². The van der Waals surface area contributed by atoms with Gasteiger partial charge < -0.3 is 15.0 Å². The maximum absolute atomic E-state index is 12.9. The van der Waals surface area contributed by atoms with Crippen molar-refractivity contribution >= 4 is 22.0 Å². The van der Waals surface area contributed by atoms with E-state index in [0.29, 0.717) is 6.07 Å². The van der Waals surface area contributed by atoms with Crippen molar-refractivity contribution in [2.24, 2.45) is 0 Å². The fraction of sp³-hybridized carbons (Fsp3) is 0.333. The number of benzene rings is 2. The summed E-state index contributed by atoms with van der Waals surface area (Å²) in [5.74, 6) is -0.428. The first-order valence-corrected chi connectivity index (χ1v) is 11.4. The fourth-order valence-corrected chi connectivity index (χ4v) is 4.66. The van der Waals surface area contributed by atoms with Crippen molar-refractivity contribution in [1.29, 1.82) is 0 Å². The molecule has 178 valence electrons. The Balaban J connectivity index is 1.49. The standard InChI is InChI=1S/C21H22F3N3O5S/c22-21(23,24)17-7-4-8-18(13-17)33(30,31)27-11-9-26(10-12-27)19(28)14-25-20(29)32-15-16-5-2-1-3-6-16/h1-8,13H,9-12,14-15H2,(H,25,29). The zero-order valence-electron chi connectivity index (χ0n) is 17.4. The number of rotatable bonds is 6. The highest BCUT2D eigenvalue weighted by Crippen LogP contribution is 2.31. The molecule has 2 amide bonds. The summed E-state index contributed by atoms with van der Waals surface area (Å²) >= 11 is 0. The van der Waals surface area contributed by atoms with Crippen LogP contribution in [0.3, 0.4) is 0 Å². The van der Waals surface area contributed by atoms with Crippen molar-refractivity contribution < 1.29 is 35.9 Å². The number of carbonyl (C=O) groups excluding carboxylic acids is 2. The van der Waals surface area contributed by atoms with Gasteiger partial charge in [0, 0.05) is 26.2 Å². The van der Waals surface area contributed by atoms with Gasteiger partial charge in [-0.3, -0.25) is 4.79 Å². The van der Waals surface area contributed by atoms with Gasteiger partial charge in [-0.2, -0.15) is 17.5 Å². The van der Waals surface area contributed by atoms with Gasteiger partial charge in [-0.05, 0) is 23.8 Å². The molecule has 0 radical (unpaired) electrons. The van der Waals surface area contributed by atoms with E-state index in [4.69, 9.17) is 4.74 Å². The third-order valence-corrected chi connectivity index (χ3v) is 6.88. The van der Waals surface area contributed by atoms with Crippen molar-refractivity contribution in [1.82, 2.24) is 14.5 Å². The molecule has 1 heterocycles. The van der Waals surface area contributed by atoms with Gasteiger partial charge >= 0.3 is 12.3 Å². The number of hydrogen-bond acceptors (Lipinski definition) is 5. The Morgan fingerprint density at radius 2 is 1.64 bits per heavy atom. The SMILES string of the molecule is O=C(NCC(=O)N1CCN(S(=O)(=O)c2cccc(C(F)(F)F)c2)CC1)OCc1ccccc1. The molecular weight excluding hydrogens is 463 g/mol. The van der Waals surface area contributed by atoms with Crippen LogP contribution in [0.25, 0.3) is 0 Å². The molecule has 0 aromatic heterocycles. The molecule has 12 heteroatoms. The number of amides is 2. The van der Waals surface area contributed by atoms with Gasteiger partial charge in [0.25, 0.3) is 0 Å².